The summed E-state index contributed by atoms with van der Waals surface area (Å²) in [7, 11) is 1.90. The molecule has 0 aliphatic carbocycles. The zero-order valence-corrected chi connectivity index (χ0v) is 11.4. The Morgan fingerprint density at radius 2 is 2.26 bits per heavy atom. The van der Waals surface area contributed by atoms with E-state index >= 15 is 0 Å². The molecule has 0 aromatic carbocycles. The Balaban J connectivity index is 2.12. The first-order valence-corrected chi connectivity index (χ1v) is 6.66. The highest BCUT2D eigenvalue weighted by Gasteiger charge is 2.29. The topological polar surface area (TPSA) is 67.2 Å². The monoisotopic (exact) mass is 264 g/mol. The fraction of sp³-hybridized carbons (Fsp3) is 0.615. The number of carbonyl (C=O) groups is 2. The zero-order chi connectivity index (χ0) is 13.8. The van der Waals surface area contributed by atoms with Gasteiger partial charge >= 0.3 is 0 Å². The van der Waals surface area contributed by atoms with Gasteiger partial charge in [0.15, 0.2) is 0 Å². The number of amides is 2. The molecular formula is C13H20N4O2. The van der Waals surface area contributed by atoms with Crippen LogP contribution in [-0.4, -0.2) is 38.9 Å². The molecule has 1 aliphatic heterocycles. The molecule has 1 N–H and O–H groups in total. The lowest BCUT2D eigenvalue weighted by Gasteiger charge is -2.23. The first-order valence-electron chi connectivity index (χ1n) is 6.66. The largest absolute Gasteiger partial charge is 0.344 e. The predicted octanol–water partition coefficient (Wildman–Crippen LogP) is 0.437. The quantitative estimate of drug-likeness (QED) is 0.858. The molecule has 6 heteroatoms. The van der Waals surface area contributed by atoms with Crippen LogP contribution in [0.5, 0.6) is 0 Å². The minimum absolute atomic E-state index is 0.00398. The van der Waals surface area contributed by atoms with Crippen LogP contribution in [-0.2, 0) is 23.2 Å². The van der Waals surface area contributed by atoms with E-state index < -0.39 is 0 Å². The van der Waals surface area contributed by atoms with Crippen molar-refractivity contribution in [2.24, 2.45) is 7.05 Å². The Labute approximate surface area is 112 Å². The minimum Gasteiger partial charge on any atom is -0.344 e. The summed E-state index contributed by atoms with van der Waals surface area (Å²) < 4.78 is 1.89. The van der Waals surface area contributed by atoms with Crippen molar-refractivity contribution in [1.82, 2.24) is 19.8 Å². The van der Waals surface area contributed by atoms with Gasteiger partial charge < -0.3 is 14.8 Å². The number of hydrogen-bond acceptors (Lipinski definition) is 3. The molecule has 1 aromatic heterocycles. The van der Waals surface area contributed by atoms with E-state index in [1.165, 1.54) is 0 Å². The highest BCUT2D eigenvalue weighted by molar-refractivity contribution is 5.89. The van der Waals surface area contributed by atoms with E-state index in [-0.39, 0.29) is 17.9 Å². The molecular weight excluding hydrogens is 244 g/mol. The van der Waals surface area contributed by atoms with Gasteiger partial charge in [-0.05, 0) is 6.42 Å². The second kappa shape index (κ2) is 5.86. The van der Waals surface area contributed by atoms with Crippen molar-refractivity contribution in [3.63, 3.8) is 0 Å². The second-order valence-corrected chi connectivity index (χ2v) is 4.87. The first kappa shape index (κ1) is 13.6. The van der Waals surface area contributed by atoms with Crippen LogP contribution in [0.2, 0.25) is 0 Å². The highest BCUT2D eigenvalue weighted by atomic mass is 16.2. The molecule has 104 valence electrons. The van der Waals surface area contributed by atoms with Crippen molar-refractivity contribution in [2.75, 3.05) is 6.54 Å². The SMILES string of the molecule is CCCC1NC(=O)CCN(Cc2nccn2C)C1=O. The average Bonchev–Trinajstić information content (AvgIpc) is 2.73. The van der Waals surface area contributed by atoms with Crippen molar-refractivity contribution >= 4 is 11.8 Å². The molecule has 0 saturated carbocycles. The number of imidazole rings is 1. The molecule has 0 radical (unpaired) electrons. The van der Waals surface area contributed by atoms with Crippen molar-refractivity contribution in [2.45, 2.75) is 38.8 Å². The summed E-state index contributed by atoms with van der Waals surface area (Å²) in [4.78, 5) is 30.0. The Hall–Kier alpha value is -1.85. The van der Waals surface area contributed by atoms with Gasteiger partial charge in [-0.15, -0.1) is 0 Å². The molecule has 0 spiro atoms. The Bertz CT molecular complexity index is 469. The van der Waals surface area contributed by atoms with Gasteiger partial charge in [-0.2, -0.15) is 0 Å². The van der Waals surface area contributed by atoms with Crippen LogP contribution in [0.15, 0.2) is 12.4 Å². The van der Waals surface area contributed by atoms with E-state index in [1.807, 2.05) is 24.7 Å². The second-order valence-electron chi connectivity index (χ2n) is 4.87. The maximum absolute atomic E-state index is 12.4. The van der Waals surface area contributed by atoms with Gasteiger partial charge in [0.2, 0.25) is 11.8 Å². The van der Waals surface area contributed by atoms with E-state index in [0.29, 0.717) is 25.9 Å². The summed E-state index contributed by atoms with van der Waals surface area (Å²) in [5.41, 5.74) is 0. The van der Waals surface area contributed by atoms with Gasteiger partial charge in [0.25, 0.3) is 0 Å². The van der Waals surface area contributed by atoms with Crippen LogP contribution < -0.4 is 5.32 Å². The standard InChI is InChI=1S/C13H20N4O2/c1-3-4-10-13(19)17(7-5-12(18)15-10)9-11-14-6-8-16(11)2/h6,8,10H,3-5,7,9H2,1-2H3,(H,15,18). The Kier molecular flexibility index (Phi) is 4.19. The van der Waals surface area contributed by atoms with E-state index in [1.54, 1.807) is 11.1 Å². The number of rotatable bonds is 4. The van der Waals surface area contributed by atoms with Crippen LogP contribution in [0.3, 0.4) is 0 Å². The third kappa shape index (κ3) is 3.13. The molecule has 2 amide bonds. The van der Waals surface area contributed by atoms with Crippen molar-refractivity contribution in [1.29, 1.82) is 0 Å². The third-order valence-corrected chi connectivity index (χ3v) is 3.38. The van der Waals surface area contributed by atoms with Crippen molar-refractivity contribution < 1.29 is 9.59 Å². The van der Waals surface area contributed by atoms with Crippen LogP contribution in [0, 0.1) is 0 Å². The molecule has 0 bridgehead atoms. The lowest BCUT2D eigenvalue weighted by molar-refractivity contribution is -0.134. The number of aromatic nitrogens is 2. The Morgan fingerprint density at radius 1 is 1.47 bits per heavy atom. The van der Waals surface area contributed by atoms with Crippen LogP contribution in [0.1, 0.15) is 32.0 Å². The van der Waals surface area contributed by atoms with Crippen molar-refractivity contribution in [3.05, 3.63) is 18.2 Å². The number of aryl methyl sites for hydroxylation is 1. The van der Waals surface area contributed by atoms with E-state index in [9.17, 15) is 9.59 Å². The molecule has 2 rings (SSSR count). The first-order chi connectivity index (χ1) is 9.11. The van der Waals surface area contributed by atoms with Gasteiger partial charge in [-0.25, -0.2) is 4.98 Å². The Morgan fingerprint density at radius 3 is 2.89 bits per heavy atom. The van der Waals surface area contributed by atoms with Crippen LogP contribution in [0.4, 0.5) is 0 Å². The molecule has 1 fully saturated rings. The lowest BCUT2D eigenvalue weighted by Crippen LogP contribution is -2.44. The molecule has 19 heavy (non-hydrogen) atoms. The van der Waals surface area contributed by atoms with Crippen LogP contribution >= 0.6 is 0 Å². The lowest BCUT2D eigenvalue weighted by atomic mass is 10.1. The van der Waals surface area contributed by atoms with E-state index in [2.05, 4.69) is 10.3 Å². The molecule has 1 unspecified atom stereocenters. The van der Waals surface area contributed by atoms with Gasteiger partial charge in [0.05, 0.1) is 6.54 Å². The summed E-state index contributed by atoms with van der Waals surface area (Å²) in [5, 5.41) is 2.80. The summed E-state index contributed by atoms with van der Waals surface area (Å²) in [6.45, 7) is 2.92. The number of hydrogen-bond donors (Lipinski definition) is 1. The fourth-order valence-electron chi connectivity index (χ4n) is 2.26. The smallest absolute Gasteiger partial charge is 0.245 e. The maximum atomic E-state index is 12.4. The van der Waals surface area contributed by atoms with Gasteiger partial charge in [0.1, 0.15) is 11.9 Å². The highest BCUT2D eigenvalue weighted by Crippen LogP contribution is 2.11. The number of nitrogens with zero attached hydrogens (tertiary/aromatic N) is 3. The maximum Gasteiger partial charge on any atom is 0.245 e. The normalized spacial score (nSPS) is 20.3. The average molecular weight is 264 g/mol. The summed E-state index contributed by atoms with van der Waals surface area (Å²) in [5.74, 6) is 0.780. The third-order valence-electron chi connectivity index (χ3n) is 3.38. The van der Waals surface area contributed by atoms with Gasteiger partial charge in [-0.1, -0.05) is 13.3 Å². The molecule has 2 heterocycles. The number of nitrogens with one attached hydrogen (secondary N) is 1. The van der Waals surface area contributed by atoms with E-state index in [4.69, 9.17) is 0 Å². The molecule has 6 nitrogen and oxygen atoms in total. The molecule has 1 aromatic rings. The van der Waals surface area contributed by atoms with E-state index in [0.717, 1.165) is 12.2 Å². The van der Waals surface area contributed by atoms with Gasteiger partial charge in [-0.3, -0.25) is 9.59 Å². The van der Waals surface area contributed by atoms with Gasteiger partial charge in [0, 0.05) is 32.4 Å². The predicted molar refractivity (Wildman–Crippen MR) is 70.1 cm³/mol. The van der Waals surface area contributed by atoms with Crippen LogP contribution in [0.25, 0.3) is 0 Å². The fourth-order valence-corrected chi connectivity index (χ4v) is 2.26. The minimum atomic E-state index is -0.389. The molecule has 1 saturated heterocycles. The molecule has 1 atom stereocenters. The number of carbonyl (C=O) groups excluding carboxylic acids is 2. The molecule has 1 aliphatic rings. The summed E-state index contributed by atoms with van der Waals surface area (Å²) in [6.07, 6.45) is 5.47. The van der Waals surface area contributed by atoms with Crippen molar-refractivity contribution in [3.8, 4) is 0 Å². The zero-order valence-electron chi connectivity index (χ0n) is 11.4. The summed E-state index contributed by atoms with van der Waals surface area (Å²) >= 11 is 0. The summed E-state index contributed by atoms with van der Waals surface area (Å²) in [6, 6.07) is -0.389.